The minimum Gasteiger partial charge on any atom is -0.395 e. The van der Waals surface area contributed by atoms with Gasteiger partial charge in [0.2, 0.25) is 0 Å². The fraction of sp³-hybridized carbons (Fsp3) is 0.706. The summed E-state index contributed by atoms with van der Waals surface area (Å²) in [6, 6.07) is 10.1. The average Bonchev–Trinajstić information content (AvgIpc) is 2.99. The second-order valence-corrected chi connectivity index (χ2v) is 11.3. The predicted octanol–water partition coefficient (Wildman–Crippen LogP) is 7.45. The van der Waals surface area contributed by atoms with Crippen molar-refractivity contribution in [1.29, 1.82) is 0 Å². The quantitative estimate of drug-likeness (QED) is 0.127. The summed E-state index contributed by atoms with van der Waals surface area (Å²) in [5.41, 5.74) is 0.586. The number of hydrogen-bond donors (Lipinski definition) is 2. The van der Waals surface area contributed by atoms with Crippen LogP contribution < -0.4 is 11.2 Å². The van der Waals surface area contributed by atoms with Gasteiger partial charge in [-0.05, 0) is 25.3 Å². The molecule has 0 saturated carbocycles. The predicted molar refractivity (Wildman–Crippen MR) is 167 cm³/mol. The monoisotopic (exact) mass is 572 g/mol. The van der Waals surface area contributed by atoms with Crippen LogP contribution in [0, 0.1) is 0 Å². The van der Waals surface area contributed by atoms with Gasteiger partial charge in [-0.3, -0.25) is 9.36 Å². The van der Waals surface area contributed by atoms with Crippen molar-refractivity contribution in [2.45, 2.75) is 149 Å². The first-order chi connectivity index (χ1) is 20.0. The van der Waals surface area contributed by atoms with Gasteiger partial charge < -0.3 is 19.6 Å². The minimum absolute atomic E-state index is 0.0442. The number of nitrogens with one attached hydrogen (secondary N) is 1. The van der Waals surface area contributed by atoms with Gasteiger partial charge in [0.15, 0.2) is 0 Å². The third-order valence-electron chi connectivity index (χ3n) is 7.94. The van der Waals surface area contributed by atoms with E-state index in [-0.39, 0.29) is 25.4 Å². The number of benzene rings is 1. The minimum atomic E-state index is -0.522. The lowest BCUT2D eigenvalue weighted by Crippen LogP contribution is -2.39. The number of rotatable bonds is 24. The van der Waals surface area contributed by atoms with Crippen molar-refractivity contribution in [3.05, 3.63) is 68.5 Å². The summed E-state index contributed by atoms with van der Waals surface area (Å²) < 4.78 is 13.9. The van der Waals surface area contributed by atoms with E-state index in [1.165, 1.54) is 76.8 Å². The average molecular weight is 573 g/mol. The number of H-pyrrole nitrogens is 1. The molecule has 1 heterocycles. The molecule has 232 valence electrons. The van der Waals surface area contributed by atoms with Crippen LogP contribution in [0.25, 0.3) is 0 Å². The van der Waals surface area contributed by atoms with Gasteiger partial charge in [0, 0.05) is 6.20 Å². The molecule has 1 aromatic carbocycles. The molecular formula is C34H56N2O5. The summed E-state index contributed by atoms with van der Waals surface area (Å²) in [5.74, 6) is 0. The third-order valence-corrected chi connectivity index (χ3v) is 7.94. The summed E-state index contributed by atoms with van der Waals surface area (Å²) in [7, 11) is 0. The maximum atomic E-state index is 13.0. The van der Waals surface area contributed by atoms with Crippen molar-refractivity contribution in [1.82, 2.24) is 9.55 Å². The topological polar surface area (TPSA) is 93.5 Å². The molecule has 0 bridgehead atoms. The number of ether oxygens (including phenoxy) is 2. The van der Waals surface area contributed by atoms with Crippen LogP contribution in [0.4, 0.5) is 0 Å². The summed E-state index contributed by atoms with van der Waals surface area (Å²) >= 11 is 0. The van der Waals surface area contributed by atoms with E-state index < -0.39 is 17.4 Å². The van der Waals surface area contributed by atoms with Crippen LogP contribution in [0.3, 0.4) is 0 Å². The van der Waals surface area contributed by atoms with Crippen molar-refractivity contribution >= 4 is 0 Å². The first-order valence-corrected chi connectivity index (χ1v) is 16.3. The molecule has 0 aliphatic carbocycles. The fourth-order valence-corrected chi connectivity index (χ4v) is 5.35. The van der Waals surface area contributed by atoms with E-state index in [0.29, 0.717) is 18.6 Å². The molecule has 1 aromatic heterocycles. The van der Waals surface area contributed by atoms with Gasteiger partial charge in [0.25, 0.3) is 5.56 Å². The molecule has 0 amide bonds. The lowest BCUT2D eigenvalue weighted by Gasteiger charge is -2.29. The maximum absolute atomic E-state index is 13.0. The van der Waals surface area contributed by atoms with Gasteiger partial charge in [0.1, 0.15) is 0 Å². The SMILES string of the molecule is CCCCCCCCCCCCCCCC(OC(CC)c1c[nH]c(=O)n(CCO)c1=O)C(C)OCc1ccccc1. The Morgan fingerprint density at radius 3 is 2.00 bits per heavy atom. The lowest BCUT2D eigenvalue weighted by molar-refractivity contribution is -0.107. The molecule has 0 spiro atoms. The molecule has 0 aliphatic heterocycles. The van der Waals surface area contributed by atoms with E-state index in [2.05, 4.69) is 11.9 Å². The normalized spacial score (nSPS) is 13.8. The second kappa shape index (κ2) is 21.5. The van der Waals surface area contributed by atoms with Crippen LogP contribution in [0.2, 0.25) is 0 Å². The van der Waals surface area contributed by atoms with Crippen LogP contribution in [-0.4, -0.2) is 33.5 Å². The van der Waals surface area contributed by atoms with Crippen molar-refractivity contribution in [3.8, 4) is 0 Å². The number of aliphatic hydroxyl groups is 1. The van der Waals surface area contributed by atoms with E-state index in [9.17, 15) is 14.7 Å². The van der Waals surface area contributed by atoms with Gasteiger partial charge in [-0.1, -0.05) is 128 Å². The van der Waals surface area contributed by atoms with E-state index in [1.807, 2.05) is 44.2 Å². The molecule has 0 radical (unpaired) electrons. The Kier molecular flexibility index (Phi) is 18.3. The maximum Gasteiger partial charge on any atom is 0.328 e. The highest BCUT2D eigenvalue weighted by atomic mass is 16.5. The van der Waals surface area contributed by atoms with Crippen molar-refractivity contribution in [2.24, 2.45) is 0 Å². The Morgan fingerprint density at radius 2 is 1.44 bits per heavy atom. The second-order valence-electron chi connectivity index (χ2n) is 11.3. The highest BCUT2D eigenvalue weighted by Crippen LogP contribution is 2.25. The van der Waals surface area contributed by atoms with Crippen LogP contribution in [0.1, 0.15) is 134 Å². The Hall–Kier alpha value is -2.22. The number of aromatic amines is 1. The number of nitrogens with zero attached hydrogens (tertiary/aromatic N) is 1. The van der Waals surface area contributed by atoms with Crippen molar-refractivity contribution < 1.29 is 14.6 Å². The van der Waals surface area contributed by atoms with Gasteiger partial charge in [-0.25, -0.2) is 4.79 Å². The Balaban J connectivity index is 1.89. The molecule has 7 heteroatoms. The molecule has 2 rings (SSSR count). The lowest BCUT2D eigenvalue weighted by atomic mass is 10.0. The van der Waals surface area contributed by atoms with Crippen LogP contribution >= 0.6 is 0 Å². The summed E-state index contributed by atoms with van der Waals surface area (Å²) in [4.78, 5) is 27.8. The molecule has 0 aliphatic rings. The molecule has 3 atom stereocenters. The molecule has 7 nitrogen and oxygen atoms in total. The Bertz CT molecular complexity index is 1040. The largest absolute Gasteiger partial charge is 0.395 e. The standard InChI is InChI=1S/C34H56N2O5/c1-4-6-7-8-9-10-11-12-13-14-15-16-20-23-32(28(3)40-27-29-21-18-17-19-22-29)41-31(5-2)30-26-35-34(39)36(24-25-37)33(30)38/h17-19,21-22,26,28,31-32,37H,4-16,20,23-25,27H2,1-3H3,(H,35,39). The van der Waals surface area contributed by atoms with Gasteiger partial charge in [-0.2, -0.15) is 0 Å². The molecule has 3 unspecified atom stereocenters. The number of unbranched alkanes of at least 4 members (excludes halogenated alkanes) is 12. The zero-order chi connectivity index (χ0) is 29.7. The van der Waals surface area contributed by atoms with Crippen molar-refractivity contribution in [3.63, 3.8) is 0 Å². The Labute approximate surface area is 247 Å². The number of hydrogen-bond acceptors (Lipinski definition) is 5. The Morgan fingerprint density at radius 1 is 0.854 bits per heavy atom. The summed E-state index contributed by atoms with van der Waals surface area (Å²) in [5, 5.41) is 9.31. The summed E-state index contributed by atoms with van der Waals surface area (Å²) in [6.45, 7) is 6.46. The molecule has 2 N–H and O–H groups in total. The first-order valence-electron chi connectivity index (χ1n) is 16.3. The third kappa shape index (κ3) is 13.5. The van der Waals surface area contributed by atoms with Crippen LogP contribution in [0.5, 0.6) is 0 Å². The van der Waals surface area contributed by atoms with E-state index in [0.717, 1.165) is 29.4 Å². The van der Waals surface area contributed by atoms with Gasteiger partial charge in [-0.15, -0.1) is 0 Å². The highest BCUT2D eigenvalue weighted by molar-refractivity contribution is 5.13. The molecular weight excluding hydrogens is 516 g/mol. The fourth-order valence-electron chi connectivity index (χ4n) is 5.35. The zero-order valence-corrected chi connectivity index (χ0v) is 26.0. The molecule has 0 fully saturated rings. The zero-order valence-electron chi connectivity index (χ0n) is 26.0. The van der Waals surface area contributed by atoms with Gasteiger partial charge in [0.05, 0.1) is 43.6 Å². The molecule has 0 saturated heterocycles. The molecule has 41 heavy (non-hydrogen) atoms. The molecule has 2 aromatic rings. The van der Waals surface area contributed by atoms with E-state index in [1.54, 1.807) is 0 Å². The van der Waals surface area contributed by atoms with Crippen molar-refractivity contribution in [2.75, 3.05) is 6.61 Å². The first kappa shape index (κ1) is 35.0. The van der Waals surface area contributed by atoms with Gasteiger partial charge >= 0.3 is 5.69 Å². The highest BCUT2D eigenvalue weighted by Gasteiger charge is 2.25. The van der Waals surface area contributed by atoms with Crippen LogP contribution in [-0.2, 0) is 22.6 Å². The van der Waals surface area contributed by atoms with E-state index in [4.69, 9.17) is 9.47 Å². The van der Waals surface area contributed by atoms with Crippen LogP contribution in [0.15, 0.2) is 46.1 Å². The smallest absolute Gasteiger partial charge is 0.328 e. The number of aromatic nitrogens is 2. The summed E-state index contributed by atoms with van der Waals surface area (Å²) in [6.07, 6.45) is 19.0. The number of aliphatic hydroxyl groups excluding tert-OH is 1. The van der Waals surface area contributed by atoms with E-state index >= 15 is 0 Å².